The van der Waals surface area contributed by atoms with Crippen molar-refractivity contribution in [1.29, 1.82) is 0 Å². The third-order valence-corrected chi connectivity index (χ3v) is 3.49. The third-order valence-electron chi connectivity index (χ3n) is 3.49. The first-order valence-corrected chi connectivity index (χ1v) is 7.86. The van der Waals surface area contributed by atoms with Gasteiger partial charge in [-0.15, -0.1) is 0 Å². The van der Waals surface area contributed by atoms with Gasteiger partial charge in [0.15, 0.2) is 0 Å². The van der Waals surface area contributed by atoms with Crippen molar-refractivity contribution in [3.63, 3.8) is 0 Å². The van der Waals surface area contributed by atoms with Crippen LogP contribution in [0.25, 0.3) is 0 Å². The molecule has 1 atom stereocenters. The van der Waals surface area contributed by atoms with E-state index in [1.165, 1.54) is 4.90 Å². The summed E-state index contributed by atoms with van der Waals surface area (Å²) in [6.07, 6.45) is 0.0292. The van der Waals surface area contributed by atoms with Crippen LogP contribution in [0.4, 0.5) is 4.79 Å². The summed E-state index contributed by atoms with van der Waals surface area (Å²) < 4.78 is 0. The highest BCUT2D eigenvalue weighted by Gasteiger charge is 2.23. The van der Waals surface area contributed by atoms with Crippen LogP contribution < -0.4 is 10.6 Å². The predicted molar refractivity (Wildman–Crippen MR) is 90.3 cm³/mol. The second kappa shape index (κ2) is 9.54. The minimum atomic E-state index is -1.06. The van der Waals surface area contributed by atoms with Gasteiger partial charge in [-0.1, -0.05) is 44.2 Å². The molecule has 0 aliphatic carbocycles. The maximum atomic E-state index is 12.0. The van der Waals surface area contributed by atoms with E-state index < -0.39 is 17.9 Å². The lowest BCUT2D eigenvalue weighted by Gasteiger charge is -2.19. The van der Waals surface area contributed by atoms with Gasteiger partial charge in [-0.05, 0) is 11.5 Å². The normalized spacial score (nSPS) is 11.7. The molecule has 1 aromatic carbocycles. The molecule has 0 spiro atoms. The molecule has 1 aromatic rings. The summed E-state index contributed by atoms with van der Waals surface area (Å²) in [5.74, 6) is -1.68. The number of aliphatic carboxylic acids is 1. The molecule has 0 fully saturated rings. The van der Waals surface area contributed by atoms with Crippen LogP contribution >= 0.6 is 0 Å². The van der Waals surface area contributed by atoms with Gasteiger partial charge in [0.1, 0.15) is 6.04 Å². The number of carboxylic acid groups (broad SMARTS) is 1. The summed E-state index contributed by atoms with van der Waals surface area (Å²) in [5.41, 5.74) is 1.01. The number of nitrogens with one attached hydrogen (secondary N) is 2. The molecule has 0 heterocycles. The second-order valence-corrected chi connectivity index (χ2v) is 5.95. The fraction of sp³-hybridized carbons (Fsp3) is 0.471. The van der Waals surface area contributed by atoms with Gasteiger partial charge in [0, 0.05) is 26.6 Å². The van der Waals surface area contributed by atoms with Crippen LogP contribution in [-0.2, 0) is 16.1 Å². The summed E-state index contributed by atoms with van der Waals surface area (Å²) in [6, 6.07) is 8.35. The lowest BCUT2D eigenvalue weighted by molar-refractivity contribution is -0.143. The Kier molecular flexibility index (Phi) is 7.74. The molecule has 132 valence electrons. The van der Waals surface area contributed by atoms with Crippen molar-refractivity contribution in [1.82, 2.24) is 15.5 Å². The largest absolute Gasteiger partial charge is 0.480 e. The Morgan fingerprint density at radius 2 is 1.79 bits per heavy atom. The van der Waals surface area contributed by atoms with Crippen molar-refractivity contribution in [3.05, 3.63) is 35.9 Å². The average molecular weight is 335 g/mol. The van der Waals surface area contributed by atoms with Crippen LogP contribution in [0.3, 0.4) is 0 Å². The summed E-state index contributed by atoms with van der Waals surface area (Å²) >= 11 is 0. The number of nitrogens with zero attached hydrogens (tertiary/aromatic N) is 1. The van der Waals surface area contributed by atoms with Crippen LogP contribution in [0, 0.1) is 5.92 Å². The Balaban J connectivity index is 2.34. The lowest BCUT2D eigenvalue weighted by Crippen LogP contribution is -2.45. The average Bonchev–Trinajstić information content (AvgIpc) is 2.52. The molecule has 1 unspecified atom stereocenters. The fourth-order valence-corrected chi connectivity index (χ4v) is 2.11. The maximum Gasteiger partial charge on any atom is 0.326 e. The molecular weight excluding hydrogens is 310 g/mol. The zero-order valence-electron chi connectivity index (χ0n) is 14.3. The molecule has 0 aromatic heterocycles. The standard InChI is InChI=1S/C17H25N3O4/c1-12(2)15(16(22)23)19-14(21)9-10-18-17(24)20(3)11-13-7-5-4-6-8-13/h4-8,12,15H,9-11H2,1-3H3,(H,18,24)(H,19,21)(H,22,23). The maximum absolute atomic E-state index is 12.0. The second-order valence-electron chi connectivity index (χ2n) is 5.95. The highest BCUT2D eigenvalue weighted by atomic mass is 16.4. The fourth-order valence-electron chi connectivity index (χ4n) is 2.11. The van der Waals surface area contributed by atoms with E-state index in [-0.39, 0.29) is 24.9 Å². The molecule has 3 N–H and O–H groups in total. The van der Waals surface area contributed by atoms with Crippen molar-refractivity contribution < 1.29 is 19.5 Å². The number of carbonyl (C=O) groups is 3. The number of urea groups is 1. The molecule has 0 radical (unpaired) electrons. The number of benzene rings is 1. The van der Waals surface area contributed by atoms with E-state index in [2.05, 4.69) is 10.6 Å². The Bertz CT molecular complexity index is 560. The van der Waals surface area contributed by atoms with Crippen LogP contribution in [0.15, 0.2) is 30.3 Å². The SMILES string of the molecule is CC(C)C(NC(=O)CCNC(=O)N(C)Cc1ccccc1)C(=O)O. The molecule has 7 nitrogen and oxygen atoms in total. The smallest absolute Gasteiger partial charge is 0.326 e. The van der Waals surface area contributed by atoms with Crippen LogP contribution in [0.1, 0.15) is 25.8 Å². The van der Waals surface area contributed by atoms with Gasteiger partial charge in [0.25, 0.3) is 0 Å². The van der Waals surface area contributed by atoms with E-state index >= 15 is 0 Å². The van der Waals surface area contributed by atoms with Crippen molar-refractivity contribution >= 4 is 17.9 Å². The minimum absolute atomic E-state index is 0.0292. The highest BCUT2D eigenvalue weighted by Crippen LogP contribution is 2.03. The number of hydrogen-bond donors (Lipinski definition) is 3. The molecule has 0 aliphatic heterocycles. The van der Waals surface area contributed by atoms with Gasteiger partial charge in [-0.3, -0.25) is 4.79 Å². The Labute approximate surface area is 142 Å². The first-order valence-electron chi connectivity index (χ1n) is 7.86. The van der Waals surface area contributed by atoms with Crippen LogP contribution in [-0.4, -0.2) is 47.5 Å². The lowest BCUT2D eigenvalue weighted by atomic mass is 10.0. The van der Waals surface area contributed by atoms with Gasteiger partial charge >= 0.3 is 12.0 Å². The first kappa shape index (κ1) is 19.5. The van der Waals surface area contributed by atoms with E-state index in [9.17, 15) is 14.4 Å². The number of carbonyl (C=O) groups excluding carboxylic acids is 2. The number of hydrogen-bond acceptors (Lipinski definition) is 3. The van der Waals surface area contributed by atoms with Gasteiger partial charge < -0.3 is 20.6 Å². The van der Waals surface area contributed by atoms with E-state index in [0.717, 1.165) is 5.56 Å². The number of amides is 3. The molecular formula is C17H25N3O4. The third kappa shape index (κ3) is 6.68. The zero-order valence-corrected chi connectivity index (χ0v) is 14.3. The molecule has 0 saturated heterocycles. The Morgan fingerprint density at radius 1 is 1.17 bits per heavy atom. The summed E-state index contributed by atoms with van der Waals surface area (Å²) in [6.45, 7) is 4.06. The Morgan fingerprint density at radius 3 is 2.33 bits per heavy atom. The molecule has 3 amide bonds. The van der Waals surface area contributed by atoms with Crippen molar-refractivity contribution in [2.45, 2.75) is 32.9 Å². The summed E-state index contributed by atoms with van der Waals surface area (Å²) in [4.78, 5) is 36.3. The predicted octanol–water partition coefficient (Wildman–Crippen LogP) is 1.44. The van der Waals surface area contributed by atoms with Gasteiger partial charge in [-0.2, -0.15) is 0 Å². The topological polar surface area (TPSA) is 98.7 Å². The van der Waals surface area contributed by atoms with Crippen molar-refractivity contribution in [3.8, 4) is 0 Å². The van der Waals surface area contributed by atoms with Gasteiger partial charge in [0.05, 0.1) is 0 Å². The van der Waals surface area contributed by atoms with E-state index in [1.54, 1.807) is 20.9 Å². The highest BCUT2D eigenvalue weighted by molar-refractivity contribution is 5.84. The van der Waals surface area contributed by atoms with Crippen LogP contribution in [0.2, 0.25) is 0 Å². The van der Waals surface area contributed by atoms with Crippen molar-refractivity contribution in [2.24, 2.45) is 5.92 Å². The van der Waals surface area contributed by atoms with E-state index in [0.29, 0.717) is 6.54 Å². The monoisotopic (exact) mass is 335 g/mol. The van der Waals surface area contributed by atoms with E-state index in [4.69, 9.17) is 5.11 Å². The minimum Gasteiger partial charge on any atom is -0.480 e. The zero-order chi connectivity index (χ0) is 18.1. The van der Waals surface area contributed by atoms with Crippen molar-refractivity contribution in [2.75, 3.05) is 13.6 Å². The first-order chi connectivity index (χ1) is 11.3. The van der Waals surface area contributed by atoms with Gasteiger partial charge in [-0.25, -0.2) is 9.59 Å². The quantitative estimate of drug-likeness (QED) is 0.669. The summed E-state index contributed by atoms with van der Waals surface area (Å²) in [7, 11) is 1.67. The molecule has 0 bridgehead atoms. The Hall–Kier alpha value is -2.57. The van der Waals surface area contributed by atoms with Gasteiger partial charge in [0.2, 0.25) is 5.91 Å². The molecule has 1 rings (SSSR count). The summed E-state index contributed by atoms with van der Waals surface area (Å²) in [5, 5.41) is 14.1. The number of rotatable bonds is 8. The number of carboxylic acids is 1. The molecule has 0 saturated carbocycles. The molecule has 0 aliphatic rings. The molecule has 7 heteroatoms. The molecule has 24 heavy (non-hydrogen) atoms. The van der Waals surface area contributed by atoms with Crippen LogP contribution in [0.5, 0.6) is 0 Å². The van der Waals surface area contributed by atoms with E-state index in [1.807, 2.05) is 30.3 Å².